The second kappa shape index (κ2) is 5.32. The monoisotopic (exact) mass is 217 g/mol. The van der Waals surface area contributed by atoms with Gasteiger partial charge in [0.2, 0.25) is 5.28 Å². The SMILES string of the molecule is CCCC(COC)n1c(C)nnc1Cl. The van der Waals surface area contributed by atoms with Crippen LogP contribution in [0, 0.1) is 6.92 Å². The quantitative estimate of drug-likeness (QED) is 0.760. The summed E-state index contributed by atoms with van der Waals surface area (Å²) in [6.45, 7) is 4.68. The van der Waals surface area contributed by atoms with Crippen molar-refractivity contribution >= 4 is 11.6 Å². The normalized spacial score (nSPS) is 13.1. The number of aromatic nitrogens is 3. The van der Waals surface area contributed by atoms with Crippen molar-refractivity contribution in [1.82, 2.24) is 14.8 Å². The predicted molar refractivity (Wildman–Crippen MR) is 55.6 cm³/mol. The van der Waals surface area contributed by atoms with Crippen LogP contribution in [-0.4, -0.2) is 28.5 Å². The van der Waals surface area contributed by atoms with Crippen molar-refractivity contribution in [2.75, 3.05) is 13.7 Å². The highest BCUT2D eigenvalue weighted by atomic mass is 35.5. The summed E-state index contributed by atoms with van der Waals surface area (Å²) in [6.07, 6.45) is 2.11. The molecule has 1 aromatic rings. The summed E-state index contributed by atoms with van der Waals surface area (Å²) in [6, 6.07) is 0.243. The van der Waals surface area contributed by atoms with Crippen LogP contribution in [0.15, 0.2) is 0 Å². The Morgan fingerprint density at radius 1 is 1.50 bits per heavy atom. The molecule has 0 aliphatic rings. The van der Waals surface area contributed by atoms with Crippen molar-refractivity contribution in [3.8, 4) is 0 Å². The van der Waals surface area contributed by atoms with Gasteiger partial charge in [-0.05, 0) is 24.9 Å². The van der Waals surface area contributed by atoms with Gasteiger partial charge in [-0.15, -0.1) is 10.2 Å². The lowest BCUT2D eigenvalue weighted by Gasteiger charge is -2.18. The minimum Gasteiger partial charge on any atom is -0.383 e. The average Bonchev–Trinajstić information content (AvgIpc) is 2.46. The molecular formula is C9H16ClN3O. The van der Waals surface area contributed by atoms with Gasteiger partial charge in [0, 0.05) is 7.11 Å². The van der Waals surface area contributed by atoms with Crippen LogP contribution in [0.4, 0.5) is 0 Å². The van der Waals surface area contributed by atoms with Crippen molar-refractivity contribution < 1.29 is 4.74 Å². The van der Waals surface area contributed by atoms with Gasteiger partial charge >= 0.3 is 0 Å². The van der Waals surface area contributed by atoms with E-state index in [4.69, 9.17) is 16.3 Å². The Bertz CT molecular complexity index is 262. The molecule has 1 heterocycles. The maximum atomic E-state index is 5.95. The van der Waals surface area contributed by atoms with E-state index in [9.17, 15) is 0 Å². The molecule has 0 saturated heterocycles. The van der Waals surface area contributed by atoms with E-state index in [1.165, 1.54) is 0 Å². The van der Waals surface area contributed by atoms with Crippen LogP contribution >= 0.6 is 11.6 Å². The molecule has 0 radical (unpaired) electrons. The number of methoxy groups -OCH3 is 1. The topological polar surface area (TPSA) is 39.9 Å². The van der Waals surface area contributed by atoms with Crippen LogP contribution < -0.4 is 0 Å². The third-order valence-corrected chi connectivity index (χ3v) is 2.43. The molecule has 0 N–H and O–H groups in total. The molecule has 0 fully saturated rings. The fourth-order valence-corrected chi connectivity index (χ4v) is 1.87. The summed E-state index contributed by atoms with van der Waals surface area (Å²) < 4.78 is 7.08. The lowest BCUT2D eigenvalue weighted by atomic mass is 10.2. The highest BCUT2D eigenvalue weighted by Crippen LogP contribution is 2.20. The lowest BCUT2D eigenvalue weighted by Crippen LogP contribution is -2.16. The van der Waals surface area contributed by atoms with Gasteiger partial charge in [0.05, 0.1) is 12.6 Å². The first-order valence-electron chi connectivity index (χ1n) is 4.76. The molecule has 0 saturated carbocycles. The summed E-state index contributed by atoms with van der Waals surface area (Å²) in [4.78, 5) is 0. The molecule has 1 unspecified atom stereocenters. The van der Waals surface area contributed by atoms with E-state index >= 15 is 0 Å². The van der Waals surface area contributed by atoms with Crippen molar-refractivity contribution in [2.24, 2.45) is 0 Å². The van der Waals surface area contributed by atoms with E-state index in [1.807, 2.05) is 11.5 Å². The summed E-state index contributed by atoms with van der Waals surface area (Å²) in [5, 5.41) is 8.19. The molecule has 5 heteroatoms. The first-order chi connectivity index (χ1) is 6.70. The van der Waals surface area contributed by atoms with Crippen LogP contribution in [0.25, 0.3) is 0 Å². The van der Waals surface area contributed by atoms with Crippen LogP contribution in [-0.2, 0) is 4.74 Å². The van der Waals surface area contributed by atoms with Crippen LogP contribution in [0.5, 0.6) is 0 Å². The van der Waals surface area contributed by atoms with E-state index in [1.54, 1.807) is 7.11 Å². The van der Waals surface area contributed by atoms with Crippen molar-refractivity contribution in [2.45, 2.75) is 32.7 Å². The lowest BCUT2D eigenvalue weighted by molar-refractivity contribution is 0.149. The second-order valence-electron chi connectivity index (χ2n) is 3.28. The number of rotatable bonds is 5. The first-order valence-corrected chi connectivity index (χ1v) is 5.14. The number of aryl methyl sites for hydroxylation is 1. The van der Waals surface area contributed by atoms with E-state index in [0.717, 1.165) is 18.7 Å². The summed E-state index contributed by atoms with van der Waals surface area (Å²) in [7, 11) is 1.69. The Kier molecular flexibility index (Phi) is 4.35. The molecule has 1 atom stereocenters. The highest BCUT2D eigenvalue weighted by molar-refractivity contribution is 6.28. The van der Waals surface area contributed by atoms with Gasteiger partial charge in [-0.1, -0.05) is 13.3 Å². The Hall–Kier alpha value is -0.610. The number of nitrogens with zero attached hydrogens (tertiary/aromatic N) is 3. The third-order valence-electron chi connectivity index (χ3n) is 2.17. The van der Waals surface area contributed by atoms with E-state index in [2.05, 4.69) is 17.1 Å². The largest absolute Gasteiger partial charge is 0.383 e. The number of ether oxygens (including phenoxy) is 1. The molecule has 0 aromatic carbocycles. The van der Waals surface area contributed by atoms with Gasteiger partial charge in [-0.2, -0.15) is 0 Å². The number of halogens is 1. The van der Waals surface area contributed by atoms with Gasteiger partial charge in [-0.25, -0.2) is 0 Å². The van der Waals surface area contributed by atoms with E-state index in [-0.39, 0.29) is 6.04 Å². The Morgan fingerprint density at radius 3 is 2.64 bits per heavy atom. The highest BCUT2D eigenvalue weighted by Gasteiger charge is 2.16. The molecule has 0 bridgehead atoms. The average molecular weight is 218 g/mol. The van der Waals surface area contributed by atoms with E-state index in [0.29, 0.717) is 11.9 Å². The fourth-order valence-electron chi connectivity index (χ4n) is 1.57. The zero-order chi connectivity index (χ0) is 10.6. The Labute approximate surface area is 89.2 Å². The van der Waals surface area contributed by atoms with Gasteiger partial charge in [0.25, 0.3) is 0 Å². The standard InChI is InChI=1S/C9H16ClN3O/c1-4-5-8(6-14-3)13-7(2)11-12-9(13)10/h8H,4-6H2,1-3H3. The molecule has 14 heavy (non-hydrogen) atoms. The predicted octanol–water partition coefficient (Wildman–Crippen LogP) is 2.23. The van der Waals surface area contributed by atoms with E-state index < -0.39 is 0 Å². The second-order valence-corrected chi connectivity index (χ2v) is 3.62. The zero-order valence-corrected chi connectivity index (χ0v) is 9.58. The van der Waals surface area contributed by atoms with Crippen molar-refractivity contribution in [3.05, 3.63) is 11.1 Å². The van der Waals surface area contributed by atoms with Crippen LogP contribution in [0.2, 0.25) is 5.28 Å². The summed E-state index contributed by atoms with van der Waals surface area (Å²) in [5.41, 5.74) is 0. The van der Waals surface area contributed by atoms with Gasteiger partial charge in [0.15, 0.2) is 0 Å². The Balaban J connectivity index is 2.85. The molecule has 0 aliphatic carbocycles. The van der Waals surface area contributed by atoms with Crippen molar-refractivity contribution in [1.29, 1.82) is 0 Å². The summed E-state index contributed by atoms with van der Waals surface area (Å²) in [5.74, 6) is 0.838. The summed E-state index contributed by atoms with van der Waals surface area (Å²) >= 11 is 5.95. The van der Waals surface area contributed by atoms with Crippen LogP contribution in [0.3, 0.4) is 0 Å². The molecule has 80 valence electrons. The van der Waals surface area contributed by atoms with Crippen LogP contribution in [0.1, 0.15) is 31.6 Å². The number of hydrogen-bond acceptors (Lipinski definition) is 3. The molecule has 0 amide bonds. The maximum absolute atomic E-state index is 5.95. The third kappa shape index (κ3) is 2.45. The Morgan fingerprint density at radius 2 is 2.21 bits per heavy atom. The zero-order valence-electron chi connectivity index (χ0n) is 8.83. The van der Waals surface area contributed by atoms with Crippen molar-refractivity contribution in [3.63, 3.8) is 0 Å². The number of hydrogen-bond donors (Lipinski definition) is 0. The van der Waals surface area contributed by atoms with Gasteiger partial charge in [0.1, 0.15) is 5.82 Å². The first kappa shape index (κ1) is 11.5. The fraction of sp³-hybridized carbons (Fsp3) is 0.778. The molecular weight excluding hydrogens is 202 g/mol. The molecule has 0 spiro atoms. The maximum Gasteiger partial charge on any atom is 0.225 e. The molecule has 1 rings (SSSR count). The van der Waals surface area contributed by atoms with Gasteiger partial charge < -0.3 is 4.74 Å². The molecule has 4 nitrogen and oxygen atoms in total. The minimum atomic E-state index is 0.243. The molecule has 1 aromatic heterocycles. The smallest absolute Gasteiger partial charge is 0.225 e. The minimum absolute atomic E-state index is 0.243. The molecule has 0 aliphatic heterocycles. The van der Waals surface area contributed by atoms with Gasteiger partial charge in [-0.3, -0.25) is 4.57 Å².